The highest BCUT2D eigenvalue weighted by molar-refractivity contribution is 6.06. The molecule has 4 amide bonds. The summed E-state index contributed by atoms with van der Waals surface area (Å²) in [6.45, 7) is 2.13. The second kappa shape index (κ2) is 5.17. The van der Waals surface area contributed by atoms with E-state index in [1.807, 2.05) is 0 Å². The fourth-order valence-corrected chi connectivity index (χ4v) is 0.651. The van der Waals surface area contributed by atoms with Crippen LogP contribution in [0, 0.1) is 0 Å². The molecule has 0 atom stereocenters. The summed E-state index contributed by atoms with van der Waals surface area (Å²) in [4.78, 5) is 43.4. The zero-order chi connectivity index (χ0) is 12.2. The smallest absolute Gasteiger partial charge is 0.253 e. The lowest BCUT2D eigenvalue weighted by atomic mass is 10.3. The van der Waals surface area contributed by atoms with Crippen molar-refractivity contribution in [1.29, 1.82) is 0 Å². The molecule has 0 aliphatic rings. The van der Waals surface area contributed by atoms with Gasteiger partial charge in [0, 0.05) is 13.8 Å². The van der Waals surface area contributed by atoms with Gasteiger partial charge in [-0.05, 0) is 0 Å². The summed E-state index contributed by atoms with van der Waals surface area (Å²) < 4.78 is 0. The molecule has 0 saturated carbocycles. The molecule has 0 unspecified atom stereocenters. The predicted molar refractivity (Wildman–Crippen MR) is 48.0 cm³/mol. The Morgan fingerprint density at radius 3 is 1.33 bits per heavy atom. The number of rotatable bonds is 2. The van der Waals surface area contributed by atoms with Gasteiger partial charge in [0.2, 0.25) is 11.8 Å². The Hall–Kier alpha value is -1.80. The molecular formula is C7H12N4O4. The van der Waals surface area contributed by atoms with Gasteiger partial charge < -0.3 is 0 Å². The van der Waals surface area contributed by atoms with E-state index in [0.29, 0.717) is 0 Å². The van der Waals surface area contributed by atoms with Crippen molar-refractivity contribution < 1.29 is 19.2 Å². The Balaban J connectivity index is 4.37. The van der Waals surface area contributed by atoms with Crippen molar-refractivity contribution in [1.82, 2.24) is 10.0 Å². The van der Waals surface area contributed by atoms with Crippen molar-refractivity contribution >= 4 is 23.6 Å². The van der Waals surface area contributed by atoms with Crippen LogP contribution in [0.5, 0.6) is 0 Å². The number of hydrogen-bond acceptors (Lipinski definition) is 6. The lowest BCUT2D eigenvalue weighted by Gasteiger charge is -2.14. The third-order valence-corrected chi connectivity index (χ3v) is 1.52. The zero-order valence-electron chi connectivity index (χ0n) is 8.39. The number of hydrazine groups is 2. The van der Waals surface area contributed by atoms with E-state index in [1.165, 1.54) is 0 Å². The predicted octanol–water partition coefficient (Wildman–Crippen LogP) is -2.13. The fourth-order valence-electron chi connectivity index (χ4n) is 0.651. The highest BCUT2D eigenvalue weighted by Crippen LogP contribution is 1.93. The first kappa shape index (κ1) is 13.2. The van der Waals surface area contributed by atoms with E-state index in [9.17, 15) is 19.2 Å². The van der Waals surface area contributed by atoms with Gasteiger partial charge in [-0.15, -0.1) is 0 Å². The standard InChI is InChI=1S/C7H12N4O4/c1-4(12)10(8)6(14)3-7(15)11(9)5(2)13/h3,8-9H2,1-2H3. The Kier molecular flexibility index (Phi) is 4.55. The first-order chi connectivity index (χ1) is 6.77. The summed E-state index contributed by atoms with van der Waals surface area (Å²) in [7, 11) is 0. The summed E-state index contributed by atoms with van der Waals surface area (Å²) in [5.74, 6) is 6.77. The fraction of sp³-hybridized carbons (Fsp3) is 0.429. The number of imide groups is 2. The molecule has 8 heteroatoms. The Labute approximate surface area is 85.7 Å². The monoisotopic (exact) mass is 216 g/mol. The normalized spacial score (nSPS) is 9.33. The molecule has 0 aromatic heterocycles. The van der Waals surface area contributed by atoms with E-state index in [1.54, 1.807) is 0 Å². The first-order valence-corrected chi connectivity index (χ1v) is 3.93. The highest BCUT2D eigenvalue weighted by Gasteiger charge is 2.22. The number of hydrogen-bond donors (Lipinski definition) is 2. The summed E-state index contributed by atoms with van der Waals surface area (Å²) >= 11 is 0. The van der Waals surface area contributed by atoms with Crippen molar-refractivity contribution in [2.45, 2.75) is 20.3 Å². The summed E-state index contributed by atoms with van der Waals surface area (Å²) in [6, 6.07) is 0. The average molecular weight is 216 g/mol. The number of amides is 4. The van der Waals surface area contributed by atoms with Crippen LogP contribution in [0.1, 0.15) is 20.3 Å². The second-order valence-electron chi connectivity index (χ2n) is 2.74. The van der Waals surface area contributed by atoms with Gasteiger partial charge in [-0.2, -0.15) is 0 Å². The van der Waals surface area contributed by atoms with Gasteiger partial charge >= 0.3 is 0 Å². The van der Waals surface area contributed by atoms with Crippen molar-refractivity contribution in [3.8, 4) is 0 Å². The maximum absolute atomic E-state index is 11.1. The molecule has 0 saturated heterocycles. The number of nitrogens with two attached hydrogens (primary N) is 2. The van der Waals surface area contributed by atoms with Gasteiger partial charge in [-0.25, -0.2) is 21.7 Å². The molecule has 0 aromatic carbocycles. The maximum atomic E-state index is 11.1. The van der Waals surface area contributed by atoms with Crippen LogP contribution in [-0.2, 0) is 19.2 Å². The Morgan fingerprint density at radius 1 is 0.867 bits per heavy atom. The minimum atomic E-state index is -0.927. The highest BCUT2D eigenvalue weighted by atomic mass is 16.2. The summed E-state index contributed by atoms with van der Waals surface area (Å²) in [5, 5.41) is 0.567. The van der Waals surface area contributed by atoms with E-state index < -0.39 is 30.0 Å². The van der Waals surface area contributed by atoms with Crippen LogP contribution in [0.25, 0.3) is 0 Å². The van der Waals surface area contributed by atoms with Crippen molar-refractivity contribution in [2.24, 2.45) is 11.7 Å². The van der Waals surface area contributed by atoms with E-state index in [0.717, 1.165) is 13.8 Å². The number of carbonyl (C=O) groups is 4. The van der Waals surface area contributed by atoms with Gasteiger partial charge in [0.15, 0.2) is 0 Å². The van der Waals surface area contributed by atoms with Crippen LogP contribution in [0.15, 0.2) is 0 Å². The van der Waals surface area contributed by atoms with Gasteiger partial charge in [-0.3, -0.25) is 19.2 Å². The van der Waals surface area contributed by atoms with Gasteiger partial charge in [0.25, 0.3) is 11.8 Å². The minimum Gasteiger partial charge on any atom is -0.273 e. The van der Waals surface area contributed by atoms with Crippen LogP contribution in [0.3, 0.4) is 0 Å². The molecule has 84 valence electrons. The van der Waals surface area contributed by atoms with Crippen LogP contribution >= 0.6 is 0 Å². The van der Waals surface area contributed by atoms with E-state index >= 15 is 0 Å². The van der Waals surface area contributed by atoms with Crippen molar-refractivity contribution in [3.05, 3.63) is 0 Å². The van der Waals surface area contributed by atoms with E-state index in [-0.39, 0.29) is 10.0 Å². The van der Waals surface area contributed by atoms with Crippen LogP contribution < -0.4 is 11.7 Å². The van der Waals surface area contributed by atoms with Crippen molar-refractivity contribution in [3.63, 3.8) is 0 Å². The molecular weight excluding hydrogens is 204 g/mol. The molecule has 0 bridgehead atoms. The molecule has 15 heavy (non-hydrogen) atoms. The molecule has 0 heterocycles. The third kappa shape index (κ3) is 3.83. The van der Waals surface area contributed by atoms with E-state index in [2.05, 4.69) is 0 Å². The quantitative estimate of drug-likeness (QED) is 0.235. The van der Waals surface area contributed by atoms with Gasteiger partial charge in [0.05, 0.1) is 0 Å². The molecule has 0 rings (SSSR count). The lowest BCUT2D eigenvalue weighted by molar-refractivity contribution is -0.149. The maximum Gasteiger partial charge on any atom is 0.253 e. The van der Waals surface area contributed by atoms with Gasteiger partial charge in [-0.1, -0.05) is 0 Å². The topological polar surface area (TPSA) is 127 Å². The van der Waals surface area contributed by atoms with E-state index in [4.69, 9.17) is 11.7 Å². The number of nitrogens with zero attached hydrogens (tertiary/aromatic N) is 2. The molecule has 4 N–H and O–H groups in total. The Bertz CT molecular complexity index is 284. The summed E-state index contributed by atoms with van der Waals surface area (Å²) in [5.41, 5.74) is 0. The molecule has 8 nitrogen and oxygen atoms in total. The van der Waals surface area contributed by atoms with Crippen LogP contribution in [0.2, 0.25) is 0 Å². The lowest BCUT2D eigenvalue weighted by Crippen LogP contribution is -2.47. The number of carbonyl (C=O) groups excluding carboxylic acids is 4. The molecule has 0 radical (unpaired) electrons. The summed E-state index contributed by atoms with van der Waals surface area (Å²) in [6.07, 6.45) is -0.730. The minimum absolute atomic E-state index is 0.284. The molecule has 0 aliphatic carbocycles. The molecule has 0 fully saturated rings. The van der Waals surface area contributed by atoms with Crippen molar-refractivity contribution in [2.75, 3.05) is 0 Å². The molecule has 0 aromatic rings. The molecule has 0 aliphatic heterocycles. The van der Waals surface area contributed by atoms with Gasteiger partial charge in [0.1, 0.15) is 6.42 Å². The Morgan fingerprint density at radius 2 is 1.13 bits per heavy atom. The largest absolute Gasteiger partial charge is 0.273 e. The molecule has 0 spiro atoms. The average Bonchev–Trinajstić information content (AvgIpc) is 2.14. The zero-order valence-corrected chi connectivity index (χ0v) is 8.39. The van der Waals surface area contributed by atoms with Crippen LogP contribution in [0.4, 0.5) is 0 Å². The van der Waals surface area contributed by atoms with Crippen LogP contribution in [-0.4, -0.2) is 33.6 Å². The first-order valence-electron chi connectivity index (χ1n) is 3.93. The second-order valence-corrected chi connectivity index (χ2v) is 2.74. The SMILES string of the molecule is CC(=O)N(N)C(=O)CC(=O)N(N)C(C)=O. The third-order valence-electron chi connectivity index (χ3n) is 1.52.